The highest BCUT2D eigenvalue weighted by Gasteiger charge is 2.30. The average molecular weight is 490 g/mol. The fourth-order valence-electron chi connectivity index (χ4n) is 3.72. The highest BCUT2D eigenvalue weighted by Crippen LogP contribution is 2.43. The van der Waals surface area contributed by atoms with Crippen molar-refractivity contribution >= 4 is 13.8 Å². The first-order valence-corrected chi connectivity index (χ1v) is 15.1. The minimum Gasteiger partial charge on any atom is -0.369 e. The summed E-state index contributed by atoms with van der Waals surface area (Å²) in [6, 6.07) is 0. The van der Waals surface area contributed by atoms with Crippen molar-refractivity contribution in [2.24, 2.45) is 5.92 Å². The third-order valence-corrected chi connectivity index (χ3v) is 6.68. The molecule has 0 aliphatic rings. The summed E-state index contributed by atoms with van der Waals surface area (Å²) in [5, 5.41) is 0. The lowest BCUT2D eigenvalue weighted by molar-refractivity contribution is -0.141. The minimum absolute atomic E-state index is 0.357. The first kappa shape index (κ1) is 32.3. The highest BCUT2D eigenvalue weighted by atomic mass is 31.2. The maximum atomic E-state index is 12.0. The lowest BCUT2D eigenvalue weighted by Gasteiger charge is -2.16. The summed E-state index contributed by atoms with van der Waals surface area (Å²) in [5.41, 5.74) is 2.48. The molecule has 0 heterocycles. The van der Waals surface area contributed by atoms with Gasteiger partial charge < -0.3 is 4.52 Å². The average Bonchev–Trinajstić information content (AvgIpc) is 2.78. The van der Waals surface area contributed by atoms with Gasteiger partial charge in [-0.15, -0.1) is 0 Å². The van der Waals surface area contributed by atoms with Gasteiger partial charge in [-0.2, -0.15) is 10.1 Å². The molecule has 0 aliphatic heterocycles. The molecule has 0 aromatic heterocycles. The third-order valence-electron chi connectivity index (χ3n) is 5.91. The van der Waals surface area contributed by atoms with E-state index < -0.39 is 13.8 Å². The molecule has 0 saturated carbocycles. The van der Waals surface area contributed by atoms with Crippen LogP contribution in [0.1, 0.15) is 136 Å². The van der Waals surface area contributed by atoms with Crippen molar-refractivity contribution in [2.45, 2.75) is 136 Å². The third kappa shape index (κ3) is 21.6. The van der Waals surface area contributed by atoms with E-state index in [4.69, 9.17) is 9.15 Å². The summed E-state index contributed by atoms with van der Waals surface area (Å²) >= 11 is 0. The maximum Gasteiger partial charge on any atom is 0.546 e. The molecule has 0 aromatic rings. The van der Waals surface area contributed by atoms with E-state index in [-0.39, 0.29) is 5.92 Å². The van der Waals surface area contributed by atoms with Gasteiger partial charge in [0.2, 0.25) is 0 Å². The van der Waals surface area contributed by atoms with Gasteiger partial charge in [-0.3, -0.25) is 9.69 Å². The largest absolute Gasteiger partial charge is 0.546 e. The van der Waals surface area contributed by atoms with Crippen LogP contribution in [-0.4, -0.2) is 17.4 Å². The van der Waals surface area contributed by atoms with Crippen molar-refractivity contribution in [1.82, 2.24) is 5.48 Å². The number of phosphoric ester groups is 1. The number of hydrogen-bond donors (Lipinski definition) is 2. The van der Waals surface area contributed by atoms with E-state index in [1.807, 2.05) is 13.8 Å². The van der Waals surface area contributed by atoms with Crippen LogP contribution in [0.5, 0.6) is 0 Å². The molecule has 0 radical (unpaired) electrons. The summed E-state index contributed by atoms with van der Waals surface area (Å²) in [6.07, 6.45) is 25.0. The molecule has 0 fully saturated rings. The van der Waals surface area contributed by atoms with Gasteiger partial charge in [0.25, 0.3) is 0 Å². The predicted molar refractivity (Wildman–Crippen MR) is 138 cm³/mol. The van der Waals surface area contributed by atoms with E-state index in [1.54, 1.807) is 0 Å². The normalized spacial score (nSPS) is 14.4. The van der Waals surface area contributed by atoms with Crippen LogP contribution >= 0.6 is 7.82 Å². The molecular weight excluding hydrogens is 437 g/mol. The highest BCUT2D eigenvalue weighted by molar-refractivity contribution is 7.47. The molecule has 7 heteroatoms. The van der Waals surface area contributed by atoms with Gasteiger partial charge in [0.05, 0.1) is 5.92 Å². The van der Waals surface area contributed by atoms with E-state index in [9.17, 15) is 14.3 Å². The minimum atomic E-state index is -4.41. The topological polar surface area (TPSA) is 84.9 Å². The Balaban J connectivity index is 3.56. The molecule has 2 unspecified atom stereocenters. The number of unbranched alkanes of at least 4 members (excludes halogenated alkanes) is 13. The van der Waals surface area contributed by atoms with Crippen molar-refractivity contribution in [2.75, 3.05) is 6.54 Å². The van der Waals surface area contributed by atoms with E-state index in [1.165, 1.54) is 70.6 Å². The van der Waals surface area contributed by atoms with Crippen molar-refractivity contribution in [1.29, 1.82) is 0 Å². The Hall–Kier alpha value is -0.680. The molecule has 2 atom stereocenters. The molecule has 0 saturated heterocycles. The monoisotopic (exact) mass is 489 g/mol. The molecule has 0 spiro atoms. The number of carbonyl (C=O) groups excluding carboxylic acids is 1. The zero-order valence-corrected chi connectivity index (χ0v) is 22.6. The van der Waals surface area contributed by atoms with Crippen LogP contribution in [0, 0.1) is 5.92 Å². The van der Waals surface area contributed by atoms with Gasteiger partial charge >= 0.3 is 13.8 Å². The number of hydroxylamine groups is 1. The van der Waals surface area contributed by atoms with Crippen molar-refractivity contribution in [3.05, 3.63) is 12.2 Å². The van der Waals surface area contributed by atoms with Crippen LogP contribution in [0.4, 0.5) is 0 Å². The molecule has 0 aromatic carbocycles. The first-order valence-electron chi connectivity index (χ1n) is 13.6. The molecular formula is C26H52NO5P. The summed E-state index contributed by atoms with van der Waals surface area (Å²) in [5.74, 6) is -1.01. The fourth-order valence-corrected chi connectivity index (χ4v) is 4.39. The Morgan fingerprint density at radius 1 is 0.818 bits per heavy atom. The van der Waals surface area contributed by atoms with Crippen molar-refractivity contribution < 1.29 is 23.4 Å². The van der Waals surface area contributed by atoms with Gasteiger partial charge in [-0.25, -0.2) is 4.57 Å². The van der Waals surface area contributed by atoms with Crippen LogP contribution in [0.3, 0.4) is 0 Å². The number of hydrogen-bond acceptors (Lipinski definition) is 5. The van der Waals surface area contributed by atoms with Crippen molar-refractivity contribution in [3.8, 4) is 0 Å². The lowest BCUT2D eigenvalue weighted by atomic mass is 10.00. The second kappa shape index (κ2) is 23.1. The van der Waals surface area contributed by atoms with Gasteiger partial charge in [0, 0.05) is 6.54 Å². The van der Waals surface area contributed by atoms with Gasteiger partial charge in [0.1, 0.15) is 0 Å². The molecule has 0 bridgehead atoms. The molecule has 6 nitrogen and oxygen atoms in total. The van der Waals surface area contributed by atoms with E-state index >= 15 is 0 Å². The summed E-state index contributed by atoms with van der Waals surface area (Å²) in [7, 11) is -4.41. The predicted octanol–water partition coefficient (Wildman–Crippen LogP) is 8.41. The van der Waals surface area contributed by atoms with E-state index in [2.05, 4.69) is 24.6 Å². The van der Waals surface area contributed by atoms with E-state index in [0.29, 0.717) is 19.4 Å². The van der Waals surface area contributed by atoms with Crippen LogP contribution in [0.2, 0.25) is 0 Å². The Labute approximate surface area is 203 Å². The second-order valence-corrected chi connectivity index (χ2v) is 10.4. The zero-order valence-electron chi connectivity index (χ0n) is 21.7. The Morgan fingerprint density at radius 3 is 1.88 bits per heavy atom. The maximum absolute atomic E-state index is 12.0. The smallest absolute Gasteiger partial charge is 0.369 e. The Bertz CT molecular complexity index is 527. The quantitative estimate of drug-likeness (QED) is 0.0613. The second-order valence-electron chi connectivity index (χ2n) is 9.05. The van der Waals surface area contributed by atoms with E-state index in [0.717, 1.165) is 32.1 Å². The molecule has 2 N–H and O–H groups in total. The lowest BCUT2D eigenvalue weighted by Crippen LogP contribution is -2.20. The fraction of sp³-hybridized carbons (Fsp3) is 0.885. The molecule has 0 rings (SSSR count). The molecule has 0 aliphatic carbocycles. The van der Waals surface area contributed by atoms with Gasteiger partial charge in [0.15, 0.2) is 0 Å². The van der Waals surface area contributed by atoms with Gasteiger partial charge in [-0.1, -0.05) is 104 Å². The number of phosphoric acid groups is 1. The van der Waals surface area contributed by atoms with Crippen molar-refractivity contribution in [3.63, 3.8) is 0 Å². The summed E-state index contributed by atoms with van der Waals surface area (Å²) in [6.45, 7) is 6.62. The van der Waals surface area contributed by atoms with Crippen LogP contribution in [0.15, 0.2) is 12.2 Å². The van der Waals surface area contributed by atoms with Crippen LogP contribution in [-0.2, 0) is 18.5 Å². The zero-order chi connectivity index (χ0) is 24.6. The Morgan fingerprint density at radius 2 is 1.33 bits per heavy atom. The number of rotatable bonds is 24. The number of allylic oxidation sites excluding steroid dienone is 2. The summed E-state index contributed by atoms with van der Waals surface area (Å²) < 4.78 is 21.3. The van der Waals surface area contributed by atoms with Crippen LogP contribution < -0.4 is 5.48 Å². The molecule has 33 heavy (non-hydrogen) atoms. The van der Waals surface area contributed by atoms with Crippen LogP contribution in [0.25, 0.3) is 0 Å². The number of carbonyl (C=O) groups is 1. The molecule has 196 valence electrons. The molecule has 0 amide bonds. The van der Waals surface area contributed by atoms with Gasteiger partial charge in [-0.05, 0) is 44.9 Å². The first-order chi connectivity index (χ1) is 16.0. The number of nitrogens with one attached hydrogen (secondary N) is 1. The standard InChI is InChI=1S/C26H52NO5P/c1-4-7-9-10-11-12-13-14-15-16-17-18-19-20-21-22-24-27-32-33(29,30)31-26(28)25(6-3)23-8-5-2/h14-15,25,27H,4-13,16-24H2,1-3H3,(H,29,30)/b15-14-. The summed E-state index contributed by atoms with van der Waals surface area (Å²) in [4.78, 5) is 21.7. The Kier molecular flexibility index (Phi) is 22.6. The SMILES string of the molecule is CCCCCCCC/C=C\CCCCCCCCNOP(=O)(O)OC(=O)C(CC)CCCC.